The van der Waals surface area contributed by atoms with Gasteiger partial charge in [-0.1, -0.05) is 35.2 Å². The summed E-state index contributed by atoms with van der Waals surface area (Å²) in [5, 5.41) is 20.1. The van der Waals surface area contributed by atoms with Crippen molar-refractivity contribution in [3.63, 3.8) is 0 Å². The van der Waals surface area contributed by atoms with Gasteiger partial charge >= 0.3 is 0 Å². The Morgan fingerprint density at radius 3 is 2.91 bits per heavy atom. The van der Waals surface area contributed by atoms with Crippen molar-refractivity contribution in [1.29, 1.82) is 5.26 Å². The molecule has 120 valence electrons. The molecular formula is C14H14FN5OS2. The summed E-state index contributed by atoms with van der Waals surface area (Å²) in [6, 6.07) is 8.00. The molecule has 1 amide bonds. The maximum absolute atomic E-state index is 13.9. The number of hydrogen-bond donors (Lipinski definition) is 1. The van der Waals surface area contributed by atoms with Crippen LogP contribution in [0.25, 0.3) is 0 Å². The Kier molecular flexibility index (Phi) is 6.31. The van der Waals surface area contributed by atoms with E-state index >= 15 is 0 Å². The Balaban J connectivity index is 2.07. The van der Waals surface area contributed by atoms with E-state index in [1.54, 1.807) is 19.2 Å². The minimum atomic E-state index is -0.489. The molecule has 2 rings (SSSR count). The zero-order valence-electron chi connectivity index (χ0n) is 12.3. The Labute approximate surface area is 141 Å². The lowest BCUT2D eigenvalue weighted by Gasteiger charge is -2.21. The predicted molar refractivity (Wildman–Crippen MR) is 89.2 cm³/mol. The van der Waals surface area contributed by atoms with E-state index < -0.39 is 5.82 Å². The highest BCUT2D eigenvalue weighted by atomic mass is 32.2. The van der Waals surface area contributed by atoms with Gasteiger partial charge in [0.2, 0.25) is 11.0 Å². The fourth-order valence-electron chi connectivity index (χ4n) is 1.78. The maximum atomic E-state index is 13.9. The Morgan fingerprint density at radius 2 is 2.26 bits per heavy atom. The number of aromatic nitrogens is 2. The number of hydrogen-bond acceptors (Lipinski definition) is 7. The number of thioether (sulfide) groups is 1. The molecule has 0 saturated heterocycles. The molecule has 0 spiro atoms. The largest absolute Gasteiger partial charge is 0.363 e. The van der Waals surface area contributed by atoms with E-state index in [0.717, 1.165) is 0 Å². The Morgan fingerprint density at radius 1 is 1.48 bits per heavy atom. The molecular weight excluding hydrogens is 337 g/mol. The lowest BCUT2D eigenvalue weighted by molar-refractivity contribution is -0.116. The highest BCUT2D eigenvalue weighted by Crippen LogP contribution is 2.26. The lowest BCUT2D eigenvalue weighted by atomic mass is 10.2. The quantitative estimate of drug-likeness (QED) is 0.773. The fraction of sp³-hybridized carbons (Fsp3) is 0.286. The van der Waals surface area contributed by atoms with Gasteiger partial charge in [-0.2, -0.15) is 5.26 Å². The standard InChI is InChI=1S/C14H14FN5OS2/c1-17-13-18-19-14(23-13)22-9-12(21)20(8-4-7-16)11-6-3-2-5-10(11)15/h2-3,5-6H,4,8-9H2,1H3,(H,17,18). The third-order valence-electron chi connectivity index (χ3n) is 2.83. The number of carbonyl (C=O) groups excluding carboxylic acids is 1. The maximum Gasteiger partial charge on any atom is 0.237 e. The predicted octanol–water partition coefficient (Wildman–Crippen LogP) is 2.76. The van der Waals surface area contributed by atoms with E-state index in [1.165, 1.54) is 40.1 Å². The molecule has 0 radical (unpaired) electrons. The Bertz CT molecular complexity index is 715. The van der Waals surface area contributed by atoms with Crippen LogP contribution in [-0.4, -0.2) is 35.4 Å². The van der Waals surface area contributed by atoms with Gasteiger partial charge in [-0.05, 0) is 12.1 Å². The molecule has 1 heterocycles. The number of benzene rings is 1. The number of nitrogens with zero attached hydrogens (tertiary/aromatic N) is 4. The molecule has 0 unspecified atom stereocenters. The molecule has 0 atom stereocenters. The van der Waals surface area contributed by atoms with Crippen molar-refractivity contribution >= 4 is 39.8 Å². The second-order valence-corrected chi connectivity index (χ2v) is 6.52. The zero-order chi connectivity index (χ0) is 16.7. The van der Waals surface area contributed by atoms with Crippen LogP contribution in [0.1, 0.15) is 6.42 Å². The van der Waals surface area contributed by atoms with E-state index in [4.69, 9.17) is 5.26 Å². The number of carbonyl (C=O) groups is 1. The van der Waals surface area contributed by atoms with Crippen LogP contribution in [0, 0.1) is 17.1 Å². The van der Waals surface area contributed by atoms with Crippen LogP contribution in [0.5, 0.6) is 0 Å². The molecule has 1 aromatic carbocycles. The first-order chi connectivity index (χ1) is 11.2. The van der Waals surface area contributed by atoms with Crippen LogP contribution in [0.4, 0.5) is 15.2 Å². The van der Waals surface area contributed by atoms with Crippen molar-refractivity contribution in [2.75, 3.05) is 29.6 Å². The van der Waals surface area contributed by atoms with E-state index in [0.29, 0.717) is 9.47 Å². The van der Waals surface area contributed by atoms with Crippen molar-refractivity contribution in [1.82, 2.24) is 10.2 Å². The summed E-state index contributed by atoms with van der Waals surface area (Å²) in [7, 11) is 1.74. The number of rotatable bonds is 7. The minimum absolute atomic E-state index is 0.0953. The first-order valence-electron chi connectivity index (χ1n) is 6.71. The summed E-state index contributed by atoms with van der Waals surface area (Å²) in [6.45, 7) is 0.148. The van der Waals surface area contributed by atoms with E-state index in [1.807, 2.05) is 6.07 Å². The van der Waals surface area contributed by atoms with Crippen molar-refractivity contribution in [3.05, 3.63) is 30.1 Å². The summed E-state index contributed by atoms with van der Waals surface area (Å²) in [5.74, 6) is -0.674. The highest BCUT2D eigenvalue weighted by molar-refractivity contribution is 8.01. The zero-order valence-corrected chi connectivity index (χ0v) is 14.0. The van der Waals surface area contributed by atoms with Gasteiger partial charge in [-0.3, -0.25) is 4.79 Å². The van der Waals surface area contributed by atoms with E-state index in [9.17, 15) is 9.18 Å². The number of nitriles is 1. The van der Waals surface area contributed by atoms with Crippen molar-refractivity contribution in [2.45, 2.75) is 10.8 Å². The van der Waals surface area contributed by atoms with Gasteiger partial charge in [0.15, 0.2) is 4.34 Å². The average molecular weight is 351 g/mol. The topological polar surface area (TPSA) is 81.9 Å². The third kappa shape index (κ3) is 4.64. The SMILES string of the molecule is CNc1nnc(SCC(=O)N(CCC#N)c2ccccc2F)s1. The molecule has 0 aliphatic rings. The molecule has 2 aromatic rings. The lowest BCUT2D eigenvalue weighted by Crippen LogP contribution is -2.34. The van der Waals surface area contributed by atoms with Gasteiger partial charge in [0, 0.05) is 13.6 Å². The molecule has 9 heteroatoms. The van der Waals surface area contributed by atoms with Crippen molar-refractivity contribution in [2.24, 2.45) is 0 Å². The summed E-state index contributed by atoms with van der Waals surface area (Å²) < 4.78 is 14.6. The van der Waals surface area contributed by atoms with Gasteiger partial charge in [0.25, 0.3) is 0 Å². The molecule has 0 saturated carbocycles. The van der Waals surface area contributed by atoms with Crippen LogP contribution in [0.2, 0.25) is 0 Å². The van der Waals surface area contributed by atoms with Gasteiger partial charge in [0.05, 0.1) is 23.9 Å². The van der Waals surface area contributed by atoms with Gasteiger partial charge in [-0.25, -0.2) is 4.39 Å². The first kappa shape index (κ1) is 17.2. The number of amides is 1. The van der Waals surface area contributed by atoms with Gasteiger partial charge in [-0.15, -0.1) is 10.2 Å². The molecule has 0 fully saturated rings. The third-order valence-corrected chi connectivity index (χ3v) is 4.89. The van der Waals surface area contributed by atoms with Crippen LogP contribution >= 0.6 is 23.1 Å². The summed E-state index contributed by atoms with van der Waals surface area (Å²) in [4.78, 5) is 13.7. The summed E-state index contributed by atoms with van der Waals surface area (Å²) >= 11 is 2.57. The molecule has 0 aliphatic carbocycles. The number of anilines is 2. The molecule has 23 heavy (non-hydrogen) atoms. The van der Waals surface area contributed by atoms with Crippen molar-refractivity contribution < 1.29 is 9.18 Å². The second kappa shape index (κ2) is 8.45. The molecule has 0 aliphatic heterocycles. The summed E-state index contributed by atoms with van der Waals surface area (Å²) in [5.41, 5.74) is 0.182. The molecule has 1 aromatic heterocycles. The van der Waals surface area contributed by atoms with E-state index in [2.05, 4.69) is 15.5 Å². The van der Waals surface area contributed by atoms with Crippen molar-refractivity contribution in [3.8, 4) is 6.07 Å². The van der Waals surface area contributed by atoms with Gasteiger partial charge in [0.1, 0.15) is 5.82 Å². The highest BCUT2D eigenvalue weighted by Gasteiger charge is 2.19. The first-order valence-corrected chi connectivity index (χ1v) is 8.51. The van der Waals surface area contributed by atoms with Crippen LogP contribution in [0.3, 0.4) is 0 Å². The molecule has 0 bridgehead atoms. The van der Waals surface area contributed by atoms with Gasteiger partial charge < -0.3 is 10.2 Å². The monoisotopic (exact) mass is 351 g/mol. The van der Waals surface area contributed by atoms with E-state index in [-0.39, 0.29) is 30.3 Å². The number of nitrogens with one attached hydrogen (secondary N) is 1. The normalized spacial score (nSPS) is 10.1. The minimum Gasteiger partial charge on any atom is -0.363 e. The fourth-order valence-corrected chi connectivity index (χ4v) is 3.36. The summed E-state index contributed by atoms with van der Waals surface area (Å²) in [6.07, 6.45) is 0.132. The smallest absolute Gasteiger partial charge is 0.237 e. The Hall–Kier alpha value is -2.18. The molecule has 6 nitrogen and oxygen atoms in total. The van der Waals surface area contributed by atoms with Crippen LogP contribution < -0.4 is 10.2 Å². The number of halogens is 1. The number of para-hydroxylation sites is 1. The van der Waals surface area contributed by atoms with Crippen LogP contribution in [0.15, 0.2) is 28.6 Å². The average Bonchev–Trinajstić information content (AvgIpc) is 3.03. The van der Waals surface area contributed by atoms with Crippen LogP contribution in [-0.2, 0) is 4.79 Å². The molecule has 1 N–H and O–H groups in total. The second-order valence-electron chi connectivity index (χ2n) is 4.32.